The minimum Gasteiger partial charge on any atom is -0.311 e. The molecular formula is C23H23N5O2S. The Labute approximate surface area is 183 Å². The van der Waals surface area contributed by atoms with E-state index >= 15 is 0 Å². The Morgan fingerprint density at radius 1 is 1.13 bits per heavy atom. The highest BCUT2D eigenvalue weighted by Gasteiger charge is 2.29. The van der Waals surface area contributed by atoms with Crippen LogP contribution in [0.25, 0.3) is 16.7 Å². The molecule has 1 aliphatic rings. The lowest BCUT2D eigenvalue weighted by Crippen LogP contribution is -2.35. The molecule has 3 heterocycles. The number of nitrogens with zero attached hydrogens (tertiary/aromatic N) is 5. The van der Waals surface area contributed by atoms with E-state index in [0.717, 1.165) is 24.0 Å². The zero-order valence-corrected chi connectivity index (χ0v) is 18.3. The minimum atomic E-state index is -0.344. The molecule has 1 atom stereocenters. The van der Waals surface area contributed by atoms with Crippen molar-refractivity contribution >= 4 is 40.0 Å². The Morgan fingerprint density at radius 2 is 1.90 bits per heavy atom. The number of fused-ring (bicyclic) bond motifs is 4. The van der Waals surface area contributed by atoms with Gasteiger partial charge >= 0.3 is 0 Å². The van der Waals surface area contributed by atoms with Crippen molar-refractivity contribution in [2.24, 2.45) is 0 Å². The molecule has 0 bridgehead atoms. The van der Waals surface area contributed by atoms with Crippen LogP contribution >= 0.6 is 11.8 Å². The molecule has 8 heteroatoms. The van der Waals surface area contributed by atoms with Crippen LogP contribution in [0.4, 0.5) is 5.69 Å². The molecule has 0 unspecified atom stereocenters. The molecule has 0 spiro atoms. The number of benzene rings is 2. The molecule has 2 aromatic carbocycles. The zero-order valence-electron chi connectivity index (χ0n) is 17.5. The van der Waals surface area contributed by atoms with Crippen LogP contribution in [-0.4, -0.2) is 36.9 Å². The molecule has 158 valence electrons. The number of carbonyl (C=O) groups is 1. The zero-order chi connectivity index (χ0) is 21.5. The van der Waals surface area contributed by atoms with Crippen LogP contribution in [0.15, 0.2) is 58.5 Å². The minimum absolute atomic E-state index is 0.0536. The van der Waals surface area contributed by atoms with Crippen LogP contribution in [0.5, 0.6) is 0 Å². The summed E-state index contributed by atoms with van der Waals surface area (Å²) in [6.07, 6.45) is 1.69. The van der Waals surface area contributed by atoms with Gasteiger partial charge in [-0.05, 0) is 43.5 Å². The second-order valence-electron chi connectivity index (χ2n) is 7.72. The van der Waals surface area contributed by atoms with Crippen LogP contribution in [0.2, 0.25) is 0 Å². The number of thioether (sulfide) groups is 1. The molecule has 1 aliphatic heterocycles. The van der Waals surface area contributed by atoms with Crippen LogP contribution in [0.1, 0.15) is 25.8 Å². The average Bonchev–Trinajstić information content (AvgIpc) is 3.41. The number of carbonyl (C=O) groups excluding carboxylic acids is 1. The summed E-state index contributed by atoms with van der Waals surface area (Å²) in [5.74, 6) is 0.567. The van der Waals surface area contributed by atoms with Crippen molar-refractivity contribution in [2.75, 3.05) is 11.4 Å². The number of aromatic nitrogens is 4. The van der Waals surface area contributed by atoms with Crippen LogP contribution in [0.3, 0.4) is 0 Å². The summed E-state index contributed by atoms with van der Waals surface area (Å²) >= 11 is 1.38. The van der Waals surface area contributed by atoms with E-state index in [-0.39, 0.29) is 16.7 Å². The number of aryl methyl sites for hydroxylation is 1. The highest BCUT2D eigenvalue weighted by Crippen LogP contribution is 2.32. The first-order valence-electron chi connectivity index (χ1n) is 10.5. The summed E-state index contributed by atoms with van der Waals surface area (Å²) < 4.78 is 3.57. The molecule has 5 rings (SSSR count). The predicted molar refractivity (Wildman–Crippen MR) is 123 cm³/mol. The third kappa shape index (κ3) is 3.22. The van der Waals surface area contributed by atoms with Crippen molar-refractivity contribution in [3.05, 3.63) is 64.4 Å². The third-order valence-corrected chi connectivity index (χ3v) is 6.74. The van der Waals surface area contributed by atoms with Crippen LogP contribution in [-0.2, 0) is 17.8 Å². The van der Waals surface area contributed by atoms with Gasteiger partial charge in [-0.15, -0.1) is 10.2 Å². The lowest BCUT2D eigenvalue weighted by Gasteiger charge is -2.21. The smallest absolute Gasteiger partial charge is 0.262 e. The topological polar surface area (TPSA) is 72.5 Å². The highest BCUT2D eigenvalue weighted by atomic mass is 32.2. The number of rotatable bonds is 5. The maximum atomic E-state index is 13.2. The van der Waals surface area contributed by atoms with Gasteiger partial charge in [0.25, 0.3) is 5.56 Å². The summed E-state index contributed by atoms with van der Waals surface area (Å²) in [5.41, 5.74) is 2.89. The molecule has 0 saturated carbocycles. The SMILES string of the molecule is CCCn1c(=O)c2ccccc2n2c(S[C@@H](C)C(=O)N3CCc4ccccc43)nnc12. The van der Waals surface area contributed by atoms with Gasteiger partial charge in [0.1, 0.15) is 0 Å². The Hall–Kier alpha value is -3.13. The second kappa shape index (κ2) is 7.85. The van der Waals surface area contributed by atoms with E-state index in [1.165, 1.54) is 17.3 Å². The van der Waals surface area contributed by atoms with Gasteiger partial charge in [-0.2, -0.15) is 0 Å². The molecule has 1 amide bonds. The van der Waals surface area contributed by atoms with E-state index in [1.807, 2.05) is 65.6 Å². The molecule has 4 aromatic rings. The van der Waals surface area contributed by atoms with E-state index < -0.39 is 0 Å². The Kier molecular flexibility index (Phi) is 5.02. The lowest BCUT2D eigenvalue weighted by molar-refractivity contribution is -0.117. The van der Waals surface area contributed by atoms with Crippen LogP contribution in [0, 0.1) is 0 Å². The molecule has 2 aromatic heterocycles. The average molecular weight is 434 g/mol. The fraction of sp³-hybridized carbons (Fsp3) is 0.304. The van der Waals surface area contributed by atoms with Crippen molar-refractivity contribution in [3.63, 3.8) is 0 Å². The van der Waals surface area contributed by atoms with Gasteiger partial charge in [0.05, 0.1) is 16.2 Å². The second-order valence-corrected chi connectivity index (χ2v) is 9.03. The van der Waals surface area contributed by atoms with Gasteiger partial charge < -0.3 is 4.90 Å². The van der Waals surface area contributed by atoms with E-state index in [2.05, 4.69) is 16.3 Å². The molecule has 0 saturated heterocycles. The Bertz CT molecular complexity index is 1360. The normalized spacial score (nSPS) is 14.3. The monoisotopic (exact) mass is 433 g/mol. The van der Waals surface area contributed by atoms with Crippen molar-refractivity contribution in [1.29, 1.82) is 0 Å². The maximum Gasteiger partial charge on any atom is 0.262 e. The fourth-order valence-electron chi connectivity index (χ4n) is 4.23. The predicted octanol–water partition coefficient (Wildman–Crippen LogP) is 3.52. The summed E-state index contributed by atoms with van der Waals surface area (Å²) in [6.45, 7) is 5.19. The van der Waals surface area contributed by atoms with Crippen molar-refractivity contribution in [2.45, 2.75) is 43.6 Å². The fourth-order valence-corrected chi connectivity index (χ4v) is 5.15. The van der Waals surface area contributed by atoms with Crippen molar-refractivity contribution in [1.82, 2.24) is 19.2 Å². The number of anilines is 1. The van der Waals surface area contributed by atoms with E-state index in [1.54, 1.807) is 4.57 Å². The van der Waals surface area contributed by atoms with Crippen LogP contribution < -0.4 is 10.5 Å². The van der Waals surface area contributed by atoms with E-state index in [4.69, 9.17) is 0 Å². The summed E-state index contributed by atoms with van der Waals surface area (Å²) in [6, 6.07) is 15.5. The molecule has 0 aliphatic carbocycles. The summed E-state index contributed by atoms with van der Waals surface area (Å²) in [4.78, 5) is 28.1. The molecular weight excluding hydrogens is 410 g/mol. The molecule has 7 nitrogen and oxygen atoms in total. The number of hydrogen-bond acceptors (Lipinski definition) is 5. The molecule has 0 N–H and O–H groups in total. The summed E-state index contributed by atoms with van der Waals surface area (Å²) in [5, 5.41) is 9.59. The molecule has 0 radical (unpaired) electrons. The summed E-state index contributed by atoms with van der Waals surface area (Å²) in [7, 11) is 0. The highest BCUT2D eigenvalue weighted by molar-refractivity contribution is 8.00. The first-order chi connectivity index (χ1) is 15.1. The van der Waals surface area contributed by atoms with Gasteiger partial charge in [-0.25, -0.2) is 0 Å². The molecule has 31 heavy (non-hydrogen) atoms. The lowest BCUT2D eigenvalue weighted by atomic mass is 10.2. The quantitative estimate of drug-likeness (QED) is 0.450. The van der Waals surface area contributed by atoms with Gasteiger partial charge in [-0.1, -0.05) is 49.0 Å². The van der Waals surface area contributed by atoms with Gasteiger partial charge in [0.2, 0.25) is 11.7 Å². The number of hydrogen-bond donors (Lipinski definition) is 0. The first kappa shape index (κ1) is 19.8. The van der Waals surface area contributed by atoms with E-state index in [9.17, 15) is 9.59 Å². The van der Waals surface area contributed by atoms with Gasteiger partial charge in [-0.3, -0.25) is 18.6 Å². The van der Waals surface area contributed by atoms with Gasteiger partial charge in [0.15, 0.2) is 5.16 Å². The molecule has 0 fully saturated rings. The van der Waals surface area contributed by atoms with Crippen molar-refractivity contribution in [3.8, 4) is 0 Å². The standard InChI is InChI=1S/C23H23N5O2S/c1-3-13-27-21(30)17-9-5-7-11-19(17)28-22(27)24-25-23(28)31-15(2)20(29)26-14-12-16-8-4-6-10-18(16)26/h4-11,15H,3,12-14H2,1-2H3/t15-/m0/s1. The third-order valence-electron chi connectivity index (χ3n) is 5.71. The Morgan fingerprint density at radius 3 is 2.74 bits per heavy atom. The van der Waals surface area contributed by atoms with Gasteiger partial charge in [0, 0.05) is 18.8 Å². The maximum absolute atomic E-state index is 13.2. The number of para-hydroxylation sites is 2. The van der Waals surface area contributed by atoms with E-state index in [0.29, 0.717) is 29.4 Å². The van der Waals surface area contributed by atoms with Crippen molar-refractivity contribution < 1.29 is 4.79 Å². The Balaban J connectivity index is 1.54. The number of amides is 1. The first-order valence-corrected chi connectivity index (χ1v) is 11.4. The largest absolute Gasteiger partial charge is 0.311 e.